The molecule has 0 radical (unpaired) electrons. The second kappa shape index (κ2) is 21.7. The van der Waals surface area contributed by atoms with E-state index in [1.54, 1.807) is 0 Å². The minimum Gasteiger partial charge on any atom is -0.456 e. The zero-order valence-corrected chi connectivity index (χ0v) is 54.1. The van der Waals surface area contributed by atoms with E-state index < -0.39 is 0 Å². The zero-order chi connectivity index (χ0) is 66.7. The van der Waals surface area contributed by atoms with Gasteiger partial charge in [0.05, 0.1) is 22.1 Å². The van der Waals surface area contributed by atoms with Crippen molar-refractivity contribution in [2.75, 3.05) is 0 Å². The van der Waals surface area contributed by atoms with Crippen molar-refractivity contribution < 1.29 is 17.7 Å². The summed E-state index contributed by atoms with van der Waals surface area (Å²) in [5.74, 6) is 3.16. The smallest absolute Gasteiger partial charge is 0.238 e. The Bertz CT molecular complexity index is 7230. The molecule has 0 aliphatic heterocycles. The zero-order valence-electron chi connectivity index (χ0n) is 54.1. The van der Waals surface area contributed by atoms with Crippen LogP contribution in [-0.4, -0.2) is 39.0 Å². The number of aromatic nitrogens is 8. The summed E-state index contributed by atoms with van der Waals surface area (Å²) in [5.41, 5.74) is 19.3. The average Bonchev–Trinajstić information content (AvgIpc) is 1.55. The topological polar surface area (TPSA) is 140 Å². The van der Waals surface area contributed by atoms with Gasteiger partial charge in [0.2, 0.25) is 11.9 Å². The van der Waals surface area contributed by atoms with Crippen molar-refractivity contribution in [3.63, 3.8) is 0 Å². The number of benzene rings is 14. The van der Waals surface area contributed by atoms with Crippen molar-refractivity contribution in [3.05, 3.63) is 303 Å². The van der Waals surface area contributed by atoms with Gasteiger partial charge in [-0.25, -0.2) is 9.97 Å². The van der Waals surface area contributed by atoms with Crippen molar-refractivity contribution in [1.29, 1.82) is 0 Å². The molecule has 0 aliphatic rings. The Labute approximate surface area is 578 Å². The van der Waals surface area contributed by atoms with Crippen LogP contribution in [0.1, 0.15) is 0 Å². The maximum Gasteiger partial charge on any atom is 0.238 e. The largest absolute Gasteiger partial charge is 0.456 e. The average molecular weight is 1310 g/mol. The number of hydrogen-bond acceptors (Lipinski definition) is 10. The summed E-state index contributed by atoms with van der Waals surface area (Å²) in [5, 5.41) is 12.1. The van der Waals surface area contributed by atoms with Gasteiger partial charge in [-0.3, -0.25) is 9.13 Å². The molecule has 0 atom stereocenters. The molecule has 0 fully saturated rings. The Morgan fingerprint density at radius 2 is 0.588 bits per heavy atom. The van der Waals surface area contributed by atoms with Gasteiger partial charge in [-0.05, 0) is 89.5 Å². The Balaban J connectivity index is 0.687. The van der Waals surface area contributed by atoms with Gasteiger partial charge in [0, 0.05) is 104 Å². The van der Waals surface area contributed by atoms with Crippen LogP contribution in [-0.2, 0) is 0 Å². The molecule has 0 amide bonds. The lowest BCUT2D eigenvalue weighted by Crippen LogP contribution is -2.06. The summed E-state index contributed by atoms with van der Waals surface area (Å²) in [6.07, 6.45) is 0. The first-order valence-electron chi connectivity index (χ1n) is 34.0. The number of hydrogen-bond donors (Lipinski definition) is 0. The van der Waals surface area contributed by atoms with Gasteiger partial charge in [-0.2, -0.15) is 19.9 Å². The molecule has 22 rings (SSSR count). The molecule has 0 unspecified atom stereocenters. The number of rotatable bonds is 9. The number of fused-ring (bicyclic) bond motifs is 18. The van der Waals surface area contributed by atoms with Crippen LogP contribution in [0.15, 0.2) is 321 Å². The summed E-state index contributed by atoms with van der Waals surface area (Å²) in [6, 6.07) is 104. The summed E-state index contributed by atoms with van der Waals surface area (Å²) in [4.78, 5) is 32.1. The molecule has 0 aliphatic carbocycles. The van der Waals surface area contributed by atoms with Crippen molar-refractivity contribution in [1.82, 2.24) is 39.0 Å². The van der Waals surface area contributed by atoms with E-state index in [9.17, 15) is 0 Å². The molecule has 0 saturated heterocycles. The third kappa shape index (κ3) is 8.38. The summed E-state index contributed by atoms with van der Waals surface area (Å²) >= 11 is 0. The van der Waals surface area contributed by atoms with Gasteiger partial charge in [0.15, 0.2) is 23.3 Å². The van der Waals surface area contributed by atoms with E-state index in [2.05, 4.69) is 191 Å². The first-order chi connectivity index (χ1) is 50.6. The lowest BCUT2D eigenvalue weighted by atomic mass is 9.93. The minimum atomic E-state index is 0.481. The van der Waals surface area contributed by atoms with Crippen LogP contribution in [0.5, 0.6) is 0 Å². The first kappa shape index (κ1) is 56.0. The van der Waals surface area contributed by atoms with Crippen LogP contribution in [0.3, 0.4) is 0 Å². The summed E-state index contributed by atoms with van der Waals surface area (Å²) in [7, 11) is 0. The van der Waals surface area contributed by atoms with Gasteiger partial charge >= 0.3 is 0 Å². The first-order valence-corrected chi connectivity index (χ1v) is 34.0. The van der Waals surface area contributed by atoms with E-state index in [1.807, 2.05) is 121 Å². The van der Waals surface area contributed by atoms with Gasteiger partial charge in [0.1, 0.15) is 44.7 Å². The standard InChI is InChI=1S/C90H50N8O4/c1-3-21-51(22-4-1)85-91-88(95-89(93-85)97-70-36-12-7-25-57(70)58-26-8-13-37-71(58)97)67-35-20-42-78-80(67)65-33-18-31-62(83(65)102-78)61-46-45-56(84-81(61)63-29-11-16-40-75(63)100-84)53-43-47-73-68(49-53)59-27-9-14-38-72(59)98(73)90-94-86(52-23-5-2-6-24-52)92-87(96-90)66-34-19-41-77-79(66)64-32-17-30-55(82(64)101-77)54-44-48-76-69(50-54)60-28-10-15-39-74(60)99-76/h1-50H. The molecular formula is C90H50N8O4. The Morgan fingerprint density at radius 1 is 0.196 bits per heavy atom. The fourth-order valence-electron chi connectivity index (χ4n) is 15.8. The molecule has 22 aromatic rings. The summed E-state index contributed by atoms with van der Waals surface area (Å²) < 4.78 is 31.7. The SMILES string of the molecule is c1ccc(-c2nc(-c3cccc4oc5c(-c6ccc7oc8ccccc8c7c6)cccc5c34)nc(-n3c4ccccc4c4cc(-c5ccc(-c6cccc7c6oc6cccc(-c8nc(-c9ccccc9)nc(-n9c%10ccccc%10c%10ccccc%109)n8)c67)c6c5oc5ccccc56)ccc43)n2)cc1. The highest BCUT2D eigenvalue weighted by molar-refractivity contribution is 6.22. The highest BCUT2D eigenvalue weighted by atomic mass is 16.3. The van der Waals surface area contributed by atoms with E-state index >= 15 is 0 Å². The van der Waals surface area contributed by atoms with Gasteiger partial charge in [0.25, 0.3) is 0 Å². The normalized spacial score (nSPS) is 12.1. The molecule has 0 N–H and O–H groups in total. The predicted molar refractivity (Wildman–Crippen MR) is 409 cm³/mol. The molecule has 0 spiro atoms. The van der Waals surface area contributed by atoms with E-state index in [0.717, 1.165) is 181 Å². The van der Waals surface area contributed by atoms with Gasteiger partial charge < -0.3 is 17.7 Å². The molecule has 14 aromatic carbocycles. The fourth-order valence-corrected chi connectivity index (χ4v) is 15.8. The maximum atomic E-state index is 7.12. The second-order valence-electron chi connectivity index (χ2n) is 25.9. The molecule has 0 saturated carbocycles. The lowest BCUT2D eigenvalue weighted by Gasteiger charge is -2.12. The van der Waals surface area contributed by atoms with E-state index in [1.165, 1.54) is 0 Å². The van der Waals surface area contributed by atoms with Crippen LogP contribution in [0.2, 0.25) is 0 Å². The van der Waals surface area contributed by atoms with Crippen molar-refractivity contribution in [2.45, 2.75) is 0 Å². The highest BCUT2D eigenvalue weighted by Gasteiger charge is 2.27. The molecule has 474 valence electrons. The Hall–Kier alpha value is -14.1. The summed E-state index contributed by atoms with van der Waals surface area (Å²) in [6.45, 7) is 0. The highest BCUT2D eigenvalue weighted by Crippen LogP contribution is 2.49. The quantitative estimate of drug-likeness (QED) is 0.137. The van der Waals surface area contributed by atoms with E-state index in [4.69, 9.17) is 47.6 Å². The van der Waals surface area contributed by atoms with Crippen LogP contribution in [0.4, 0.5) is 0 Å². The number of furan rings is 4. The van der Waals surface area contributed by atoms with Crippen molar-refractivity contribution in [3.8, 4) is 90.8 Å². The van der Waals surface area contributed by atoms with Crippen LogP contribution >= 0.6 is 0 Å². The molecule has 8 heterocycles. The minimum absolute atomic E-state index is 0.481. The van der Waals surface area contributed by atoms with Crippen molar-refractivity contribution >= 4 is 131 Å². The molecule has 0 bridgehead atoms. The third-order valence-corrected chi connectivity index (χ3v) is 20.3. The van der Waals surface area contributed by atoms with Gasteiger partial charge in [-0.15, -0.1) is 0 Å². The van der Waals surface area contributed by atoms with Gasteiger partial charge in [-0.1, -0.05) is 231 Å². The maximum absolute atomic E-state index is 7.12. The second-order valence-corrected chi connectivity index (χ2v) is 25.9. The van der Waals surface area contributed by atoms with Crippen LogP contribution < -0.4 is 0 Å². The van der Waals surface area contributed by atoms with E-state index in [0.29, 0.717) is 40.8 Å². The van der Waals surface area contributed by atoms with Crippen LogP contribution in [0, 0.1) is 0 Å². The molecular weight excluding hydrogens is 1260 g/mol. The number of nitrogens with zero attached hydrogens (tertiary/aromatic N) is 8. The van der Waals surface area contributed by atoms with Crippen LogP contribution in [0.25, 0.3) is 222 Å². The Morgan fingerprint density at radius 3 is 1.19 bits per heavy atom. The third-order valence-electron chi connectivity index (χ3n) is 20.3. The van der Waals surface area contributed by atoms with E-state index in [-0.39, 0.29) is 0 Å². The predicted octanol–water partition coefficient (Wildman–Crippen LogP) is 23.5. The van der Waals surface area contributed by atoms with Crippen molar-refractivity contribution in [2.24, 2.45) is 0 Å². The monoisotopic (exact) mass is 1310 g/mol. The molecule has 12 nitrogen and oxygen atoms in total. The molecule has 102 heavy (non-hydrogen) atoms. The Kier molecular flexibility index (Phi) is 11.9. The molecule has 12 heteroatoms. The molecule has 8 aromatic heterocycles. The lowest BCUT2D eigenvalue weighted by molar-refractivity contribution is 0.668. The fraction of sp³-hybridized carbons (Fsp3) is 0. The number of para-hydroxylation sites is 7.